The SMILES string of the molecule is CSc1ccccc1NC(=O)C1CCN(S(=O)(=O)Cc2ccc(Cl)cc2)CC1. The van der Waals surface area contributed by atoms with Gasteiger partial charge in [-0.1, -0.05) is 35.9 Å². The van der Waals surface area contributed by atoms with Gasteiger partial charge in [-0.2, -0.15) is 0 Å². The molecule has 8 heteroatoms. The first kappa shape index (κ1) is 21.2. The van der Waals surface area contributed by atoms with Crippen LogP contribution in [0, 0.1) is 5.92 Å². The van der Waals surface area contributed by atoms with Gasteiger partial charge < -0.3 is 5.32 Å². The Morgan fingerprint density at radius 2 is 1.79 bits per heavy atom. The van der Waals surface area contributed by atoms with Gasteiger partial charge in [-0.05, 0) is 48.9 Å². The van der Waals surface area contributed by atoms with Gasteiger partial charge in [-0.25, -0.2) is 12.7 Å². The van der Waals surface area contributed by atoms with E-state index in [1.807, 2.05) is 30.5 Å². The van der Waals surface area contributed by atoms with Crippen LogP contribution in [0.2, 0.25) is 5.02 Å². The van der Waals surface area contributed by atoms with E-state index in [9.17, 15) is 13.2 Å². The summed E-state index contributed by atoms with van der Waals surface area (Å²) in [4.78, 5) is 13.6. The van der Waals surface area contributed by atoms with Crippen LogP contribution in [0.15, 0.2) is 53.4 Å². The summed E-state index contributed by atoms with van der Waals surface area (Å²) in [6.45, 7) is 0.719. The van der Waals surface area contributed by atoms with Crippen molar-refractivity contribution in [2.75, 3.05) is 24.7 Å². The summed E-state index contributed by atoms with van der Waals surface area (Å²) < 4.78 is 26.8. The van der Waals surface area contributed by atoms with E-state index in [1.165, 1.54) is 4.31 Å². The largest absolute Gasteiger partial charge is 0.325 e. The summed E-state index contributed by atoms with van der Waals surface area (Å²) in [5.41, 5.74) is 1.51. The number of benzene rings is 2. The molecule has 0 aliphatic carbocycles. The van der Waals surface area contributed by atoms with Gasteiger partial charge in [0, 0.05) is 28.9 Å². The standard InChI is InChI=1S/C20H23ClN2O3S2/c1-27-19-5-3-2-4-18(19)22-20(24)16-10-12-23(13-11-16)28(25,26)14-15-6-8-17(21)9-7-15/h2-9,16H,10-14H2,1H3,(H,22,24). The highest BCUT2D eigenvalue weighted by atomic mass is 35.5. The van der Waals surface area contributed by atoms with Crippen molar-refractivity contribution in [1.29, 1.82) is 0 Å². The van der Waals surface area contributed by atoms with Gasteiger partial charge in [0.25, 0.3) is 0 Å². The van der Waals surface area contributed by atoms with E-state index in [4.69, 9.17) is 11.6 Å². The molecule has 0 atom stereocenters. The lowest BCUT2D eigenvalue weighted by atomic mass is 9.97. The highest BCUT2D eigenvalue weighted by Gasteiger charge is 2.31. The molecule has 1 heterocycles. The molecule has 2 aromatic carbocycles. The molecular weight excluding hydrogens is 416 g/mol. The van der Waals surface area contributed by atoms with E-state index >= 15 is 0 Å². The lowest BCUT2D eigenvalue weighted by Crippen LogP contribution is -2.41. The Bertz CT molecular complexity index is 925. The zero-order valence-corrected chi connectivity index (χ0v) is 18.0. The van der Waals surface area contributed by atoms with E-state index in [0.717, 1.165) is 10.6 Å². The van der Waals surface area contributed by atoms with Gasteiger partial charge in [0.15, 0.2) is 0 Å². The van der Waals surface area contributed by atoms with Crippen molar-refractivity contribution in [3.05, 3.63) is 59.1 Å². The predicted molar refractivity (Wildman–Crippen MR) is 115 cm³/mol. The summed E-state index contributed by atoms with van der Waals surface area (Å²) in [7, 11) is -3.41. The van der Waals surface area contributed by atoms with Crippen LogP contribution in [0.1, 0.15) is 18.4 Å². The van der Waals surface area contributed by atoms with Crippen molar-refractivity contribution in [3.63, 3.8) is 0 Å². The molecule has 1 amide bonds. The minimum Gasteiger partial charge on any atom is -0.325 e. The number of sulfonamides is 1. The molecule has 28 heavy (non-hydrogen) atoms. The molecule has 0 saturated carbocycles. The fourth-order valence-electron chi connectivity index (χ4n) is 3.26. The molecule has 0 bridgehead atoms. The zero-order chi connectivity index (χ0) is 20.1. The maximum absolute atomic E-state index is 12.7. The number of carbonyl (C=O) groups is 1. The molecule has 0 aromatic heterocycles. The topological polar surface area (TPSA) is 66.5 Å². The van der Waals surface area contributed by atoms with E-state index in [1.54, 1.807) is 36.0 Å². The third-order valence-corrected chi connectivity index (χ3v) is 7.74. The number of rotatable bonds is 6. The summed E-state index contributed by atoms with van der Waals surface area (Å²) >= 11 is 7.43. The normalized spacial score (nSPS) is 16.1. The van der Waals surface area contributed by atoms with Gasteiger partial charge in [0.05, 0.1) is 11.4 Å². The van der Waals surface area contributed by atoms with Crippen molar-refractivity contribution in [3.8, 4) is 0 Å². The number of nitrogens with zero attached hydrogens (tertiary/aromatic N) is 1. The van der Waals surface area contributed by atoms with Crippen LogP contribution in [0.3, 0.4) is 0 Å². The Morgan fingerprint density at radius 1 is 1.14 bits per heavy atom. The molecule has 0 unspecified atom stereocenters. The molecule has 0 spiro atoms. The minimum absolute atomic E-state index is 0.0451. The quantitative estimate of drug-likeness (QED) is 0.685. The summed E-state index contributed by atoms with van der Waals surface area (Å²) in [6.07, 6.45) is 3.01. The third-order valence-electron chi connectivity index (χ3n) is 4.85. The fraction of sp³-hybridized carbons (Fsp3) is 0.350. The number of piperidine rings is 1. The molecule has 3 rings (SSSR count). The first-order valence-electron chi connectivity index (χ1n) is 9.05. The van der Waals surface area contributed by atoms with Gasteiger partial charge in [0.1, 0.15) is 0 Å². The maximum atomic E-state index is 12.7. The zero-order valence-electron chi connectivity index (χ0n) is 15.6. The number of amides is 1. The lowest BCUT2D eigenvalue weighted by molar-refractivity contribution is -0.120. The number of halogens is 1. The summed E-state index contributed by atoms with van der Waals surface area (Å²) in [6, 6.07) is 14.5. The number of hydrogen-bond donors (Lipinski definition) is 1. The molecule has 5 nitrogen and oxygen atoms in total. The highest BCUT2D eigenvalue weighted by molar-refractivity contribution is 7.98. The fourth-order valence-corrected chi connectivity index (χ4v) is 5.50. The van der Waals surface area contributed by atoms with E-state index in [0.29, 0.717) is 36.5 Å². The van der Waals surface area contributed by atoms with E-state index < -0.39 is 10.0 Å². The predicted octanol–water partition coefficient (Wildman–Crippen LogP) is 4.24. The smallest absolute Gasteiger partial charge is 0.227 e. The molecule has 150 valence electrons. The Labute approximate surface area is 175 Å². The third kappa shape index (κ3) is 5.29. The molecule has 1 aliphatic rings. The molecule has 1 N–H and O–H groups in total. The molecule has 0 radical (unpaired) electrons. The number of anilines is 1. The average molecular weight is 439 g/mol. The van der Waals surface area contributed by atoms with Crippen LogP contribution in [0.5, 0.6) is 0 Å². The maximum Gasteiger partial charge on any atom is 0.227 e. The lowest BCUT2D eigenvalue weighted by Gasteiger charge is -2.30. The second-order valence-corrected chi connectivity index (χ2v) is 10.00. The highest BCUT2D eigenvalue weighted by Crippen LogP contribution is 2.27. The van der Waals surface area contributed by atoms with E-state index in [2.05, 4.69) is 5.32 Å². The van der Waals surface area contributed by atoms with Crippen LogP contribution >= 0.6 is 23.4 Å². The van der Waals surface area contributed by atoms with Crippen LogP contribution < -0.4 is 5.32 Å². The van der Waals surface area contributed by atoms with Gasteiger partial charge in [-0.3, -0.25) is 4.79 Å². The first-order valence-corrected chi connectivity index (χ1v) is 12.3. The minimum atomic E-state index is -3.41. The van der Waals surface area contributed by atoms with Crippen molar-refractivity contribution in [2.45, 2.75) is 23.5 Å². The second kappa shape index (κ2) is 9.31. The van der Waals surface area contributed by atoms with Crippen molar-refractivity contribution in [1.82, 2.24) is 4.31 Å². The van der Waals surface area contributed by atoms with Gasteiger partial charge >= 0.3 is 0 Å². The Kier molecular flexibility index (Phi) is 7.04. The Balaban J connectivity index is 1.57. The second-order valence-electron chi connectivity index (χ2n) is 6.75. The van der Waals surface area contributed by atoms with Crippen LogP contribution in [0.25, 0.3) is 0 Å². The van der Waals surface area contributed by atoms with E-state index in [-0.39, 0.29) is 17.6 Å². The van der Waals surface area contributed by atoms with Crippen LogP contribution in [0.4, 0.5) is 5.69 Å². The number of hydrogen-bond acceptors (Lipinski definition) is 4. The molecule has 1 saturated heterocycles. The van der Waals surface area contributed by atoms with Crippen LogP contribution in [-0.4, -0.2) is 38.0 Å². The Morgan fingerprint density at radius 3 is 2.43 bits per heavy atom. The Hall–Kier alpha value is -1.54. The molecule has 1 aliphatic heterocycles. The molecule has 1 fully saturated rings. The number of thioether (sulfide) groups is 1. The van der Waals surface area contributed by atoms with Crippen molar-refractivity contribution < 1.29 is 13.2 Å². The first-order chi connectivity index (χ1) is 13.4. The van der Waals surface area contributed by atoms with Crippen molar-refractivity contribution in [2.24, 2.45) is 5.92 Å². The molecular formula is C20H23ClN2O3S2. The summed E-state index contributed by atoms with van der Waals surface area (Å²) in [5, 5.41) is 3.57. The number of para-hydroxylation sites is 1. The monoisotopic (exact) mass is 438 g/mol. The van der Waals surface area contributed by atoms with Gasteiger partial charge in [-0.15, -0.1) is 11.8 Å². The molecule has 2 aromatic rings. The van der Waals surface area contributed by atoms with Crippen molar-refractivity contribution >= 4 is 45.0 Å². The average Bonchev–Trinajstić information content (AvgIpc) is 2.70. The number of nitrogens with one attached hydrogen (secondary N) is 1. The summed E-state index contributed by atoms with van der Waals surface area (Å²) in [5.74, 6) is -0.282. The number of carbonyl (C=O) groups excluding carboxylic acids is 1. The van der Waals surface area contributed by atoms with Gasteiger partial charge in [0.2, 0.25) is 15.9 Å². The van der Waals surface area contributed by atoms with Crippen LogP contribution in [-0.2, 0) is 20.6 Å².